The highest BCUT2D eigenvalue weighted by Crippen LogP contribution is 2.24. The monoisotopic (exact) mass is 317 g/mol. The van der Waals surface area contributed by atoms with E-state index in [1.165, 1.54) is 4.90 Å². The van der Waals surface area contributed by atoms with Crippen LogP contribution >= 0.6 is 0 Å². The van der Waals surface area contributed by atoms with Crippen molar-refractivity contribution in [2.24, 2.45) is 0 Å². The minimum atomic E-state index is -0.445. The van der Waals surface area contributed by atoms with E-state index in [0.717, 1.165) is 5.76 Å². The predicted octanol–water partition coefficient (Wildman–Crippen LogP) is 3.02. The number of nitrogens with zero attached hydrogens (tertiary/aromatic N) is 1. The third-order valence-electron chi connectivity index (χ3n) is 3.98. The lowest BCUT2D eigenvalue weighted by atomic mass is 10.0. The van der Waals surface area contributed by atoms with Gasteiger partial charge in [-0.25, -0.2) is 0 Å². The molecule has 0 atom stereocenters. The molecule has 1 aromatic rings. The number of imide groups is 1. The molecule has 0 saturated heterocycles. The van der Waals surface area contributed by atoms with Gasteiger partial charge in [0.15, 0.2) is 0 Å². The van der Waals surface area contributed by atoms with Crippen LogP contribution in [0.15, 0.2) is 36.1 Å². The Balaban J connectivity index is 1.93. The fourth-order valence-corrected chi connectivity index (χ4v) is 2.36. The number of fused-ring (bicyclic) bond motifs is 1. The Labute approximate surface area is 136 Å². The van der Waals surface area contributed by atoms with E-state index >= 15 is 0 Å². The normalized spacial score (nSPS) is 15.1. The number of carbonyl (C=O) groups is 2. The van der Waals surface area contributed by atoms with E-state index in [2.05, 4.69) is 0 Å². The van der Waals surface area contributed by atoms with Gasteiger partial charge in [0.1, 0.15) is 0 Å². The van der Waals surface area contributed by atoms with Crippen LogP contribution in [0.2, 0.25) is 0 Å². The molecule has 23 heavy (non-hydrogen) atoms. The van der Waals surface area contributed by atoms with Gasteiger partial charge in [0.2, 0.25) is 0 Å². The number of hydrogen-bond donors (Lipinski definition) is 0. The predicted molar refractivity (Wildman–Crippen MR) is 87.2 cm³/mol. The van der Waals surface area contributed by atoms with Crippen LogP contribution in [-0.2, 0) is 9.47 Å². The molecule has 1 aliphatic rings. The molecule has 0 unspecified atom stereocenters. The molecular formula is C18H23NO4. The molecule has 1 aliphatic heterocycles. The summed E-state index contributed by atoms with van der Waals surface area (Å²) in [5, 5.41) is 0. The average molecular weight is 317 g/mol. The van der Waals surface area contributed by atoms with E-state index < -0.39 is 5.60 Å². The van der Waals surface area contributed by atoms with E-state index in [-0.39, 0.29) is 11.8 Å². The van der Waals surface area contributed by atoms with E-state index in [0.29, 0.717) is 30.7 Å². The van der Waals surface area contributed by atoms with Crippen molar-refractivity contribution >= 4 is 11.8 Å². The summed E-state index contributed by atoms with van der Waals surface area (Å²) >= 11 is 0. The number of methoxy groups -OCH3 is 1. The van der Waals surface area contributed by atoms with Crippen LogP contribution in [0.1, 0.15) is 47.9 Å². The van der Waals surface area contributed by atoms with Crippen LogP contribution in [0.5, 0.6) is 0 Å². The Kier molecular flexibility index (Phi) is 5.21. The second kappa shape index (κ2) is 6.96. The van der Waals surface area contributed by atoms with Gasteiger partial charge in [0, 0.05) is 6.54 Å². The Bertz CT molecular complexity index is 599. The number of carbonyl (C=O) groups excluding carboxylic acids is 2. The second-order valence-corrected chi connectivity index (χ2v) is 6.15. The van der Waals surface area contributed by atoms with Crippen LogP contribution in [0.4, 0.5) is 0 Å². The van der Waals surface area contributed by atoms with Gasteiger partial charge >= 0.3 is 0 Å². The molecule has 0 spiro atoms. The molecule has 2 amide bonds. The Morgan fingerprint density at radius 1 is 1.17 bits per heavy atom. The molecule has 0 N–H and O–H groups in total. The van der Waals surface area contributed by atoms with Gasteiger partial charge in [-0.2, -0.15) is 0 Å². The lowest BCUT2D eigenvalue weighted by Gasteiger charge is -2.27. The third kappa shape index (κ3) is 3.99. The van der Waals surface area contributed by atoms with Crippen molar-refractivity contribution in [2.75, 3.05) is 20.3 Å². The summed E-state index contributed by atoms with van der Waals surface area (Å²) in [5.74, 6) is 0.342. The highest BCUT2D eigenvalue weighted by atomic mass is 16.5. The Morgan fingerprint density at radius 3 is 2.26 bits per heavy atom. The van der Waals surface area contributed by atoms with E-state index in [1.54, 1.807) is 31.4 Å². The first-order valence-corrected chi connectivity index (χ1v) is 7.65. The van der Waals surface area contributed by atoms with Gasteiger partial charge in [-0.15, -0.1) is 0 Å². The third-order valence-corrected chi connectivity index (χ3v) is 3.98. The van der Waals surface area contributed by atoms with Crippen molar-refractivity contribution in [3.63, 3.8) is 0 Å². The molecule has 5 heteroatoms. The number of ether oxygens (including phenoxy) is 2. The summed E-state index contributed by atoms with van der Waals surface area (Å²) in [6, 6.07) is 6.92. The summed E-state index contributed by atoms with van der Waals surface area (Å²) in [6.45, 7) is 6.51. The average Bonchev–Trinajstić information content (AvgIpc) is 2.77. The first-order valence-electron chi connectivity index (χ1n) is 7.65. The molecular weight excluding hydrogens is 294 g/mol. The molecule has 1 aromatic carbocycles. The lowest BCUT2D eigenvalue weighted by molar-refractivity contribution is -0.0123. The largest absolute Gasteiger partial charge is 0.502 e. The number of allylic oxidation sites excluding steroid dienone is 1. The smallest absolute Gasteiger partial charge is 0.261 e. The molecule has 0 radical (unpaired) electrons. The number of hydrogen-bond acceptors (Lipinski definition) is 4. The van der Waals surface area contributed by atoms with Crippen LogP contribution in [0.25, 0.3) is 0 Å². The standard InChI is InChI=1S/C18H23NO4/c1-13(22-4)9-12-23-18(2,3)10-11-19-16(20)14-7-5-6-8-15(14)17(19)21/h5-9H,10-12H2,1-4H3/b13-9+. The first-order chi connectivity index (χ1) is 10.9. The van der Waals surface area contributed by atoms with Crippen LogP contribution < -0.4 is 0 Å². The zero-order valence-electron chi connectivity index (χ0n) is 14.1. The van der Waals surface area contributed by atoms with Gasteiger partial charge in [-0.1, -0.05) is 12.1 Å². The molecule has 2 rings (SSSR count). The van der Waals surface area contributed by atoms with Crippen molar-refractivity contribution in [2.45, 2.75) is 32.8 Å². The Morgan fingerprint density at radius 2 is 1.74 bits per heavy atom. The molecule has 124 valence electrons. The molecule has 0 aliphatic carbocycles. The van der Waals surface area contributed by atoms with Gasteiger partial charge in [0.05, 0.1) is 36.2 Å². The number of benzene rings is 1. The van der Waals surface area contributed by atoms with Crippen molar-refractivity contribution in [3.05, 3.63) is 47.2 Å². The maximum atomic E-state index is 12.3. The van der Waals surface area contributed by atoms with Crippen molar-refractivity contribution in [1.29, 1.82) is 0 Å². The highest BCUT2D eigenvalue weighted by Gasteiger charge is 2.35. The van der Waals surface area contributed by atoms with Gasteiger partial charge in [0.25, 0.3) is 11.8 Å². The number of rotatable bonds is 7. The van der Waals surface area contributed by atoms with Gasteiger partial charge in [-0.05, 0) is 45.4 Å². The summed E-state index contributed by atoms with van der Waals surface area (Å²) in [5.41, 5.74) is 0.518. The lowest BCUT2D eigenvalue weighted by Crippen LogP contribution is -2.36. The zero-order chi connectivity index (χ0) is 17.0. The summed E-state index contributed by atoms with van der Waals surface area (Å²) in [6.07, 6.45) is 2.42. The van der Waals surface area contributed by atoms with E-state index in [9.17, 15) is 9.59 Å². The maximum Gasteiger partial charge on any atom is 0.261 e. The number of amides is 2. The van der Waals surface area contributed by atoms with E-state index in [4.69, 9.17) is 9.47 Å². The molecule has 0 bridgehead atoms. The minimum absolute atomic E-state index is 0.225. The first kappa shape index (κ1) is 17.2. The topological polar surface area (TPSA) is 55.8 Å². The van der Waals surface area contributed by atoms with Crippen molar-refractivity contribution < 1.29 is 19.1 Å². The highest BCUT2D eigenvalue weighted by molar-refractivity contribution is 6.21. The van der Waals surface area contributed by atoms with Crippen molar-refractivity contribution in [1.82, 2.24) is 4.90 Å². The van der Waals surface area contributed by atoms with E-state index in [1.807, 2.05) is 26.8 Å². The molecule has 0 aromatic heterocycles. The molecule has 5 nitrogen and oxygen atoms in total. The fourth-order valence-electron chi connectivity index (χ4n) is 2.36. The van der Waals surface area contributed by atoms with Crippen LogP contribution in [0.3, 0.4) is 0 Å². The zero-order valence-corrected chi connectivity index (χ0v) is 14.1. The van der Waals surface area contributed by atoms with Gasteiger partial charge < -0.3 is 9.47 Å². The molecule has 0 saturated carbocycles. The van der Waals surface area contributed by atoms with Crippen molar-refractivity contribution in [3.8, 4) is 0 Å². The second-order valence-electron chi connectivity index (χ2n) is 6.15. The fraction of sp³-hybridized carbons (Fsp3) is 0.444. The molecule has 0 fully saturated rings. The summed E-state index contributed by atoms with van der Waals surface area (Å²) in [7, 11) is 1.61. The van der Waals surface area contributed by atoms with Crippen LogP contribution in [0, 0.1) is 0 Å². The van der Waals surface area contributed by atoms with Crippen LogP contribution in [-0.4, -0.2) is 42.6 Å². The minimum Gasteiger partial charge on any atom is -0.502 e. The summed E-state index contributed by atoms with van der Waals surface area (Å²) < 4.78 is 10.9. The Hall–Kier alpha value is -2.14. The summed E-state index contributed by atoms with van der Waals surface area (Å²) in [4.78, 5) is 25.9. The quantitative estimate of drug-likeness (QED) is 0.573. The maximum absolute atomic E-state index is 12.3. The SMILES string of the molecule is CO/C(C)=C/COC(C)(C)CCN1C(=O)c2ccccc2C1=O. The molecule has 1 heterocycles. The van der Waals surface area contributed by atoms with Gasteiger partial charge in [-0.3, -0.25) is 14.5 Å².